The number of carbonyl (C=O) groups is 1. The third kappa shape index (κ3) is 2.82. The van der Waals surface area contributed by atoms with Gasteiger partial charge in [0.05, 0.1) is 19.8 Å². The molecule has 2 aromatic carbocycles. The number of benzene rings is 2. The zero-order valence-corrected chi connectivity index (χ0v) is 12.0. The third-order valence-corrected chi connectivity index (χ3v) is 3.25. The number of aryl methyl sites for hydroxylation is 1. The fourth-order valence-electron chi connectivity index (χ4n) is 2.08. The van der Waals surface area contributed by atoms with E-state index in [1.54, 1.807) is 32.4 Å². The lowest BCUT2D eigenvalue weighted by Crippen LogP contribution is -2.05. The first-order valence-corrected chi connectivity index (χ1v) is 6.55. The van der Waals surface area contributed by atoms with E-state index in [9.17, 15) is 4.79 Å². The molecule has 104 valence electrons. The van der Waals surface area contributed by atoms with Crippen LogP contribution in [0, 0.1) is 0 Å². The van der Waals surface area contributed by atoms with Crippen LogP contribution in [0.4, 0.5) is 0 Å². The Kier molecular flexibility index (Phi) is 4.41. The van der Waals surface area contributed by atoms with Gasteiger partial charge in [0.1, 0.15) is 11.5 Å². The van der Waals surface area contributed by atoms with Crippen LogP contribution < -0.4 is 9.47 Å². The SMILES string of the molecule is CCc1cccc(C(=O)c2cc(OC)ccc2OC)c1. The van der Waals surface area contributed by atoms with Crippen LogP contribution in [0.15, 0.2) is 42.5 Å². The first-order valence-electron chi connectivity index (χ1n) is 6.55. The first kappa shape index (κ1) is 14.1. The van der Waals surface area contributed by atoms with Crippen molar-refractivity contribution in [1.82, 2.24) is 0 Å². The number of hydrogen-bond donors (Lipinski definition) is 0. The summed E-state index contributed by atoms with van der Waals surface area (Å²) in [5.41, 5.74) is 2.31. The van der Waals surface area contributed by atoms with Crippen LogP contribution in [-0.4, -0.2) is 20.0 Å². The summed E-state index contributed by atoms with van der Waals surface area (Å²) in [6.45, 7) is 2.07. The monoisotopic (exact) mass is 270 g/mol. The summed E-state index contributed by atoms with van der Waals surface area (Å²) in [6.07, 6.45) is 0.899. The zero-order chi connectivity index (χ0) is 14.5. The lowest BCUT2D eigenvalue weighted by Gasteiger charge is -2.10. The summed E-state index contributed by atoms with van der Waals surface area (Å²) >= 11 is 0. The smallest absolute Gasteiger partial charge is 0.196 e. The number of ether oxygens (including phenoxy) is 2. The highest BCUT2D eigenvalue weighted by molar-refractivity contribution is 6.11. The second-order valence-corrected chi connectivity index (χ2v) is 4.45. The number of rotatable bonds is 5. The van der Waals surface area contributed by atoms with Crippen LogP contribution in [0.1, 0.15) is 28.4 Å². The summed E-state index contributed by atoms with van der Waals surface area (Å²) in [6, 6.07) is 12.9. The van der Waals surface area contributed by atoms with Crippen LogP contribution in [0.2, 0.25) is 0 Å². The normalized spacial score (nSPS) is 10.2. The molecule has 0 saturated heterocycles. The summed E-state index contributed by atoms with van der Waals surface area (Å²) in [7, 11) is 3.13. The predicted molar refractivity (Wildman–Crippen MR) is 78.8 cm³/mol. The fourth-order valence-corrected chi connectivity index (χ4v) is 2.08. The largest absolute Gasteiger partial charge is 0.497 e. The van der Waals surface area contributed by atoms with Crippen LogP contribution in [0.25, 0.3) is 0 Å². The Labute approximate surface area is 119 Å². The molecule has 0 heterocycles. The fraction of sp³-hybridized carbons (Fsp3) is 0.235. The maximum Gasteiger partial charge on any atom is 0.196 e. The van der Waals surface area contributed by atoms with Gasteiger partial charge in [0, 0.05) is 5.56 Å². The van der Waals surface area contributed by atoms with E-state index in [0.717, 1.165) is 12.0 Å². The van der Waals surface area contributed by atoms with E-state index in [4.69, 9.17) is 9.47 Å². The summed E-state index contributed by atoms with van der Waals surface area (Å²) in [5.74, 6) is 1.13. The van der Waals surface area contributed by atoms with Crippen molar-refractivity contribution in [2.45, 2.75) is 13.3 Å². The molecule has 0 aliphatic carbocycles. The highest BCUT2D eigenvalue weighted by atomic mass is 16.5. The number of methoxy groups -OCH3 is 2. The maximum absolute atomic E-state index is 12.6. The van der Waals surface area contributed by atoms with Gasteiger partial charge >= 0.3 is 0 Å². The van der Waals surface area contributed by atoms with E-state index in [1.807, 2.05) is 24.3 Å². The molecule has 0 aliphatic heterocycles. The molecule has 0 amide bonds. The highest BCUT2D eigenvalue weighted by Crippen LogP contribution is 2.26. The number of ketones is 1. The Morgan fingerprint density at radius 2 is 1.85 bits per heavy atom. The average Bonchev–Trinajstić information content (AvgIpc) is 2.53. The van der Waals surface area contributed by atoms with Crippen LogP contribution in [0.3, 0.4) is 0 Å². The molecule has 0 atom stereocenters. The second-order valence-electron chi connectivity index (χ2n) is 4.45. The molecule has 0 radical (unpaired) electrons. The van der Waals surface area contributed by atoms with Crippen LogP contribution in [-0.2, 0) is 6.42 Å². The highest BCUT2D eigenvalue weighted by Gasteiger charge is 2.15. The summed E-state index contributed by atoms with van der Waals surface area (Å²) < 4.78 is 10.4. The van der Waals surface area contributed by atoms with E-state index in [2.05, 4.69) is 6.92 Å². The Balaban J connectivity index is 2.46. The molecule has 0 N–H and O–H groups in total. The molecule has 0 aliphatic rings. The van der Waals surface area contributed by atoms with E-state index in [1.165, 1.54) is 0 Å². The van der Waals surface area contributed by atoms with Gasteiger partial charge in [-0.05, 0) is 36.2 Å². The standard InChI is InChI=1S/C17H18O3/c1-4-12-6-5-7-13(10-12)17(18)15-11-14(19-2)8-9-16(15)20-3/h5-11H,4H2,1-3H3. The Morgan fingerprint density at radius 1 is 1.05 bits per heavy atom. The van der Waals surface area contributed by atoms with Gasteiger partial charge in [0.15, 0.2) is 5.78 Å². The number of hydrogen-bond acceptors (Lipinski definition) is 3. The van der Waals surface area contributed by atoms with Gasteiger partial charge in [-0.25, -0.2) is 0 Å². The third-order valence-electron chi connectivity index (χ3n) is 3.25. The van der Waals surface area contributed by atoms with Crippen molar-refractivity contribution < 1.29 is 14.3 Å². The lowest BCUT2D eigenvalue weighted by atomic mass is 9.99. The van der Waals surface area contributed by atoms with Gasteiger partial charge in [0.25, 0.3) is 0 Å². The first-order chi connectivity index (χ1) is 9.69. The quantitative estimate of drug-likeness (QED) is 0.780. The molecule has 0 aromatic heterocycles. The molecular weight excluding hydrogens is 252 g/mol. The Bertz CT molecular complexity index is 617. The van der Waals surface area contributed by atoms with Gasteiger partial charge < -0.3 is 9.47 Å². The van der Waals surface area contributed by atoms with Crippen molar-refractivity contribution in [3.8, 4) is 11.5 Å². The molecule has 0 spiro atoms. The minimum absolute atomic E-state index is 0.0592. The molecule has 0 unspecified atom stereocenters. The molecule has 3 heteroatoms. The van der Waals surface area contributed by atoms with Gasteiger partial charge in [-0.3, -0.25) is 4.79 Å². The summed E-state index contributed by atoms with van der Waals surface area (Å²) in [4.78, 5) is 12.6. The van der Waals surface area contributed by atoms with Crippen LogP contribution >= 0.6 is 0 Å². The van der Waals surface area contributed by atoms with Crippen molar-refractivity contribution in [3.05, 3.63) is 59.2 Å². The van der Waals surface area contributed by atoms with Crippen molar-refractivity contribution in [2.24, 2.45) is 0 Å². The lowest BCUT2D eigenvalue weighted by molar-refractivity contribution is 0.103. The van der Waals surface area contributed by atoms with Gasteiger partial charge in [-0.1, -0.05) is 25.1 Å². The molecule has 2 rings (SSSR count). The minimum Gasteiger partial charge on any atom is -0.497 e. The van der Waals surface area contributed by atoms with Crippen molar-refractivity contribution in [3.63, 3.8) is 0 Å². The molecule has 0 saturated carbocycles. The molecule has 3 nitrogen and oxygen atoms in total. The molecule has 20 heavy (non-hydrogen) atoms. The Morgan fingerprint density at radius 3 is 2.50 bits per heavy atom. The van der Waals surface area contributed by atoms with Crippen molar-refractivity contribution >= 4 is 5.78 Å². The Hall–Kier alpha value is -2.29. The molecule has 0 bridgehead atoms. The van der Waals surface area contributed by atoms with E-state index in [-0.39, 0.29) is 5.78 Å². The minimum atomic E-state index is -0.0592. The van der Waals surface area contributed by atoms with Crippen molar-refractivity contribution in [2.75, 3.05) is 14.2 Å². The molecule has 0 fully saturated rings. The predicted octanol–water partition coefficient (Wildman–Crippen LogP) is 3.50. The van der Waals surface area contributed by atoms with E-state index in [0.29, 0.717) is 22.6 Å². The van der Waals surface area contributed by atoms with Gasteiger partial charge in [-0.2, -0.15) is 0 Å². The van der Waals surface area contributed by atoms with Crippen molar-refractivity contribution in [1.29, 1.82) is 0 Å². The summed E-state index contributed by atoms with van der Waals surface area (Å²) in [5, 5.41) is 0. The maximum atomic E-state index is 12.6. The molecular formula is C17H18O3. The molecule has 2 aromatic rings. The van der Waals surface area contributed by atoms with E-state index >= 15 is 0 Å². The van der Waals surface area contributed by atoms with Crippen LogP contribution in [0.5, 0.6) is 11.5 Å². The second kappa shape index (κ2) is 6.24. The zero-order valence-electron chi connectivity index (χ0n) is 12.0. The van der Waals surface area contributed by atoms with Gasteiger partial charge in [0.2, 0.25) is 0 Å². The average molecular weight is 270 g/mol. The number of carbonyl (C=O) groups excluding carboxylic acids is 1. The topological polar surface area (TPSA) is 35.5 Å². The van der Waals surface area contributed by atoms with Gasteiger partial charge in [-0.15, -0.1) is 0 Å². The van der Waals surface area contributed by atoms with E-state index < -0.39 is 0 Å².